The van der Waals surface area contributed by atoms with Gasteiger partial charge >= 0.3 is 0 Å². The molecule has 1 fully saturated rings. The van der Waals surface area contributed by atoms with Crippen LogP contribution in [0.5, 0.6) is 0 Å². The monoisotopic (exact) mass is 288 g/mol. The van der Waals surface area contributed by atoms with Gasteiger partial charge in [-0.05, 0) is 42.0 Å². The fraction of sp³-hybridized carbons (Fsp3) is 0.438. The average Bonchev–Trinajstić information content (AvgIpc) is 3.11. The van der Waals surface area contributed by atoms with Crippen LogP contribution in [-0.4, -0.2) is 35.7 Å². The SMILES string of the molecule is CO[C@@H]1CCN(Cc2cccs2)[C@@H]1Cc1ccncc1. The van der Waals surface area contributed by atoms with E-state index in [2.05, 4.69) is 39.5 Å². The summed E-state index contributed by atoms with van der Waals surface area (Å²) >= 11 is 1.83. The van der Waals surface area contributed by atoms with Crippen molar-refractivity contribution in [3.63, 3.8) is 0 Å². The second-order valence-electron chi connectivity index (χ2n) is 5.24. The Bertz CT molecular complexity index is 515. The van der Waals surface area contributed by atoms with E-state index in [1.165, 1.54) is 10.4 Å². The average molecular weight is 288 g/mol. The summed E-state index contributed by atoms with van der Waals surface area (Å²) in [5.41, 5.74) is 1.34. The van der Waals surface area contributed by atoms with Crippen molar-refractivity contribution in [3.8, 4) is 0 Å². The first-order valence-electron chi connectivity index (χ1n) is 7.05. The quantitative estimate of drug-likeness (QED) is 0.846. The fourth-order valence-corrected chi connectivity index (χ4v) is 3.71. The van der Waals surface area contributed by atoms with Crippen LogP contribution < -0.4 is 0 Å². The van der Waals surface area contributed by atoms with Crippen LogP contribution in [-0.2, 0) is 17.7 Å². The number of ether oxygens (including phenoxy) is 1. The molecule has 0 saturated carbocycles. The van der Waals surface area contributed by atoms with Crippen molar-refractivity contribution in [3.05, 3.63) is 52.5 Å². The van der Waals surface area contributed by atoms with E-state index in [0.29, 0.717) is 12.1 Å². The third-order valence-electron chi connectivity index (χ3n) is 4.03. The zero-order chi connectivity index (χ0) is 13.8. The molecule has 106 valence electrons. The predicted molar refractivity (Wildman–Crippen MR) is 81.9 cm³/mol. The Morgan fingerprint density at radius 1 is 1.35 bits per heavy atom. The summed E-state index contributed by atoms with van der Waals surface area (Å²) in [6, 6.07) is 9.02. The third kappa shape index (κ3) is 3.08. The molecule has 4 heteroatoms. The molecule has 0 aliphatic carbocycles. The van der Waals surface area contributed by atoms with Crippen molar-refractivity contribution in [2.45, 2.75) is 31.5 Å². The molecule has 2 aromatic heterocycles. The maximum Gasteiger partial charge on any atom is 0.0742 e. The molecule has 0 unspecified atom stereocenters. The number of thiophene rings is 1. The third-order valence-corrected chi connectivity index (χ3v) is 4.90. The van der Waals surface area contributed by atoms with E-state index in [4.69, 9.17) is 4.74 Å². The van der Waals surface area contributed by atoms with Crippen LogP contribution in [0.2, 0.25) is 0 Å². The number of likely N-dealkylation sites (tertiary alicyclic amines) is 1. The number of pyridine rings is 1. The van der Waals surface area contributed by atoms with E-state index >= 15 is 0 Å². The molecular formula is C16H20N2OS. The van der Waals surface area contributed by atoms with Gasteiger partial charge in [-0.25, -0.2) is 0 Å². The van der Waals surface area contributed by atoms with Gasteiger partial charge in [-0.3, -0.25) is 9.88 Å². The molecule has 3 heterocycles. The smallest absolute Gasteiger partial charge is 0.0742 e. The van der Waals surface area contributed by atoms with Gasteiger partial charge in [0.1, 0.15) is 0 Å². The first-order chi connectivity index (χ1) is 9.86. The van der Waals surface area contributed by atoms with Gasteiger partial charge in [0, 0.05) is 43.5 Å². The largest absolute Gasteiger partial charge is 0.380 e. The maximum atomic E-state index is 5.69. The van der Waals surface area contributed by atoms with Crippen LogP contribution in [0, 0.1) is 0 Å². The molecule has 1 aliphatic heterocycles. The van der Waals surface area contributed by atoms with E-state index < -0.39 is 0 Å². The Morgan fingerprint density at radius 3 is 2.90 bits per heavy atom. The lowest BCUT2D eigenvalue weighted by Gasteiger charge is -2.27. The highest BCUT2D eigenvalue weighted by molar-refractivity contribution is 7.09. The Balaban J connectivity index is 1.72. The van der Waals surface area contributed by atoms with Crippen molar-refractivity contribution < 1.29 is 4.74 Å². The normalized spacial score (nSPS) is 23.2. The molecule has 0 amide bonds. The van der Waals surface area contributed by atoms with Crippen molar-refractivity contribution in [2.24, 2.45) is 0 Å². The topological polar surface area (TPSA) is 25.4 Å². The summed E-state index contributed by atoms with van der Waals surface area (Å²) in [4.78, 5) is 8.08. The summed E-state index contributed by atoms with van der Waals surface area (Å²) in [6.45, 7) is 2.15. The zero-order valence-electron chi connectivity index (χ0n) is 11.7. The number of rotatable bonds is 5. The molecule has 0 spiro atoms. The Morgan fingerprint density at radius 2 is 2.20 bits per heavy atom. The minimum absolute atomic E-state index is 0.336. The highest BCUT2D eigenvalue weighted by atomic mass is 32.1. The lowest BCUT2D eigenvalue weighted by atomic mass is 10.0. The highest BCUT2D eigenvalue weighted by Gasteiger charge is 2.34. The lowest BCUT2D eigenvalue weighted by Crippen LogP contribution is -2.37. The Hall–Kier alpha value is -1.23. The maximum absolute atomic E-state index is 5.69. The van der Waals surface area contributed by atoms with Gasteiger partial charge in [0.15, 0.2) is 0 Å². The first-order valence-corrected chi connectivity index (χ1v) is 7.93. The van der Waals surface area contributed by atoms with Gasteiger partial charge in [0.2, 0.25) is 0 Å². The van der Waals surface area contributed by atoms with E-state index in [0.717, 1.165) is 25.9 Å². The molecule has 3 nitrogen and oxygen atoms in total. The Labute approximate surface area is 124 Å². The summed E-state index contributed by atoms with van der Waals surface area (Å²) in [5, 5.41) is 2.15. The fourth-order valence-electron chi connectivity index (χ4n) is 2.98. The molecule has 0 radical (unpaired) electrons. The standard InChI is InChI=1S/C16H20N2OS/c1-19-16-6-9-18(12-14-3-2-10-20-14)15(16)11-13-4-7-17-8-5-13/h2-5,7-8,10,15-16H,6,9,11-12H2,1H3/t15-,16-/m1/s1. The van der Waals surface area contributed by atoms with E-state index in [1.54, 1.807) is 0 Å². The molecule has 2 atom stereocenters. The van der Waals surface area contributed by atoms with Crippen molar-refractivity contribution in [2.75, 3.05) is 13.7 Å². The van der Waals surface area contributed by atoms with Crippen LogP contribution in [0.15, 0.2) is 42.0 Å². The number of aromatic nitrogens is 1. The van der Waals surface area contributed by atoms with Gasteiger partial charge in [0.25, 0.3) is 0 Å². The summed E-state index contributed by atoms with van der Waals surface area (Å²) in [6.07, 6.45) is 6.23. The van der Waals surface area contributed by atoms with Crippen molar-refractivity contribution in [1.82, 2.24) is 9.88 Å². The van der Waals surface area contributed by atoms with Gasteiger partial charge in [-0.15, -0.1) is 11.3 Å². The molecule has 1 saturated heterocycles. The van der Waals surface area contributed by atoms with Crippen LogP contribution >= 0.6 is 11.3 Å². The van der Waals surface area contributed by atoms with Crippen molar-refractivity contribution >= 4 is 11.3 Å². The number of hydrogen-bond acceptors (Lipinski definition) is 4. The molecule has 0 bridgehead atoms. The summed E-state index contributed by atoms with van der Waals surface area (Å²) in [5.74, 6) is 0. The van der Waals surface area contributed by atoms with Crippen LogP contribution in [0.3, 0.4) is 0 Å². The van der Waals surface area contributed by atoms with E-state index in [9.17, 15) is 0 Å². The van der Waals surface area contributed by atoms with Crippen LogP contribution in [0.4, 0.5) is 0 Å². The minimum Gasteiger partial charge on any atom is -0.380 e. The van der Waals surface area contributed by atoms with Gasteiger partial charge in [0.05, 0.1) is 6.10 Å². The van der Waals surface area contributed by atoms with Crippen LogP contribution in [0.25, 0.3) is 0 Å². The zero-order valence-corrected chi connectivity index (χ0v) is 12.6. The number of nitrogens with zero attached hydrogens (tertiary/aromatic N) is 2. The number of hydrogen-bond donors (Lipinski definition) is 0. The highest BCUT2D eigenvalue weighted by Crippen LogP contribution is 2.26. The molecule has 2 aromatic rings. The van der Waals surface area contributed by atoms with E-state index in [1.807, 2.05) is 30.8 Å². The second kappa shape index (κ2) is 6.48. The molecular weight excluding hydrogens is 268 g/mol. The second-order valence-corrected chi connectivity index (χ2v) is 6.27. The molecule has 0 aromatic carbocycles. The Kier molecular flexibility index (Phi) is 4.45. The molecule has 0 N–H and O–H groups in total. The predicted octanol–water partition coefficient (Wildman–Crippen LogP) is 2.98. The van der Waals surface area contributed by atoms with Gasteiger partial charge < -0.3 is 4.74 Å². The molecule has 1 aliphatic rings. The van der Waals surface area contributed by atoms with E-state index in [-0.39, 0.29) is 0 Å². The van der Waals surface area contributed by atoms with Crippen LogP contribution in [0.1, 0.15) is 16.9 Å². The van der Waals surface area contributed by atoms with Gasteiger partial charge in [-0.2, -0.15) is 0 Å². The van der Waals surface area contributed by atoms with Gasteiger partial charge in [-0.1, -0.05) is 6.07 Å². The molecule has 20 heavy (non-hydrogen) atoms. The molecule has 3 rings (SSSR count). The lowest BCUT2D eigenvalue weighted by molar-refractivity contribution is 0.0641. The number of methoxy groups -OCH3 is 1. The first kappa shape index (κ1) is 13.7. The minimum atomic E-state index is 0.336. The summed E-state index contributed by atoms with van der Waals surface area (Å²) in [7, 11) is 1.83. The summed E-state index contributed by atoms with van der Waals surface area (Å²) < 4.78 is 5.69. The van der Waals surface area contributed by atoms with Crippen molar-refractivity contribution in [1.29, 1.82) is 0 Å².